The average Bonchev–Trinajstić information content (AvgIpc) is 2.40. The summed E-state index contributed by atoms with van der Waals surface area (Å²) in [4.78, 5) is 12.7. The van der Waals surface area contributed by atoms with Crippen LogP contribution in [0, 0.1) is 11.8 Å². The number of Topliss-reactive ketones (excluding diaryl/α,β-unsaturated/α-hetero) is 1. The minimum Gasteiger partial charge on any atom is -0.298 e. The van der Waals surface area contributed by atoms with Gasteiger partial charge >= 0.3 is 0 Å². The number of nitrogens with zero attached hydrogens (tertiary/aromatic N) is 1. The molecule has 1 aliphatic carbocycles. The van der Waals surface area contributed by atoms with Gasteiger partial charge in [0.2, 0.25) is 0 Å². The van der Waals surface area contributed by atoms with Crippen LogP contribution in [0.5, 0.6) is 0 Å². The van der Waals surface area contributed by atoms with Gasteiger partial charge in [-0.15, -0.1) is 0 Å². The van der Waals surface area contributed by atoms with Gasteiger partial charge in [-0.25, -0.2) is 8.78 Å². The van der Waals surface area contributed by atoms with Crippen LogP contribution in [0.25, 0.3) is 0 Å². The predicted octanol–water partition coefficient (Wildman–Crippen LogP) is 0.771. The van der Waals surface area contributed by atoms with Gasteiger partial charge in [-0.3, -0.25) is 9.69 Å². The number of hydrogen-bond acceptors (Lipinski definition) is 2. The number of fused-ring (bicyclic) bond motifs is 1. The fourth-order valence-corrected chi connectivity index (χ4v) is 2.34. The van der Waals surface area contributed by atoms with Gasteiger partial charge in [0.25, 0.3) is 5.92 Å². The molecule has 0 aromatic rings. The monoisotopic (exact) mass is 175 g/mol. The smallest absolute Gasteiger partial charge is 0.257 e. The second kappa shape index (κ2) is 2.05. The van der Waals surface area contributed by atoms with E-state index in [1.165, 1.54) is 6.92 Å². The molecule has 1 saturated carbocycles. The van der Waals surface area contributed by atoms with Gasteiger partial charge in [0.1, 0.15) is 5.78 Å². The van der Waals surface area contributed by atoms with Gasteiger partial charge in [0.05, 0.1) is 12.0 Å². The summed E-state index contributed by atoms with van der Waals surface area (Å²) in [6, 6.07) is -0.537. The fourth-order valence-electron chi connectivity index (χ4n) is 2.34. The molecule has 0 spiro atoms. The normalized spacial score (nSPS) is 44.2. The van der Waals surface area contributed by atoms with Crippen LogP contribution >= 0.6 is 0 Å². The Hall–Kier alpha value is -0.510. The van der Waals surface area contributed by atoms with Crippen molar-refractivity contribution in [2.75, 3.05) is 13.6 Å². The van der Waals surface area contributed by atoms with Gasteiger partial charge in [-0.1, -0.05) is 0 Å². The minimum atomic E-state index is -2.57. The molecular formula is C8H11F2NO. The number of rotatable bonds is 1. The van der Waals surface area contributed by atoms with E-state index in [9.17, 15) is 13.6 Å². The molecule has 1 aliphatic heterocycles. The molecule has 1 saturated heterocycles. The Morgan fingerprint density at radius 2 is 2.17 bits per heavy atom. The van der Waals surface area contributed by atoms with Crippen molar-refractivity contribution in [1.82, 2.24) is 4.90 Å². The molecule has 0 aromatic heterocycles. The maximum Gasteiger partial charge on any atom is 0.257 e. The summed E-state index contributed by atoms with van der Waals surface area (Å²) in [7, 11) is 1.73. The molecule has 68 valence electrons. The number of hydrogen-bond donors (Lipinski definition) is 0. The maximum atomic E-state index is 12.8. The van der Waals surface area contributed by atoms with Crippen molar-refractivity contribution in [3.63, 3.8) is 0 Å². The minimum absolute atomic E-state index is 0.137. The molecule has 0 amide bonds. The molecule has 12 heavy (non-hydrogen) atoms. The topological polar surface area (TPSA) is 20.3 Å². The number of piperidine rings is 1. The van der Waals surface area contributed by atoms with E-state index in [4.69, 9.17) is 0 Å². The summed E-state index contributed by atoms with van der Waals surface area (Å²) >= 11 is 0. The van der Waals surface area contributed by atoms with Crippen LogP contribution in [-0.2, 0) is 4.79 Å². The molecule has 2 fully saturated rings. The number of carbonyl (C=O) groups is 1. The third-order valence-electron chi connectivity index (χ3n) is 2.98. The van der Waals surface area contributed by atoms with Crippen LogP contribution in [0.1, 0.15) is 6.92 Å². The third-order valence-corrected chi connectivity index (χ3v) is 2.98. The maximum absolute atomic E-state index is 12.8. The van der Waals surface area contributed by atoms with E-state index in [2.05, 4.69) is 0 Å². The largest absolute Gasteiger partial charge is 0.298 e. The lowest BCUT2D eigenvalue weighted by atomic mass is 10.1. The first-order valence-electron chi connectivity index (χ1n) is 4.04. The highest BCUT2D eigenvalue weighted by Gasteiger charge is 2.75. The highest BCUT2D eigenvalue weighted by molar-refractivity contribution is 5.83. The quantitative estimate of drug-likeness (QED) is 0.586. The zero-order chi connectivity index (χ0) is 9.09. The lowest BCUT2D eigenvalue weighted by Crippen LogP contribution is -2.38. The van der Waals surface area contributed by atoms with Gasteiger partial charge in [-0.05, 0) is 14.0 Å². The SMILES string of the molecule is CC(=O)[C@@H]1[C@@H]2[C@H](CN1C)C2(F)F. The molecule has 4 heteroatoms. The van der Waals surface area contributed by atoms with Crippen molar-refractivity contribution in [1.29, 1.82) is 0 Å². The van der Waals surface area contributed by atoms with E-state index >= 15 is 0 Å². The fraction of sp³-hybridized carbons (Fsp3) is 0.875. The van der Waals surface area contributed by atoms with E-state index in [0.29, 0.717) is 6.54 Å². The summed E-state index contributed by atoms with van der Waals surface area (Å²) in [6.07, 6.45) is 0. The molecule has 0 unspecified atom stereocenters. The van der Waals surface area contributed by atoms with Crippen LogP contribution in [0.2, 0.25) is 0 Å². The molecule has 3 atom stereocenters. The molecule has 2 aliphatic rings. The highest BCUT2D eigenvalue weighted by Crippen LogP contribution is 2.61. The van der Waals surface area contributed by atoms with Crippen LogP contribution in [0.15, 0.2) is 0 Å². The van der Waals surface area contributed by atoms with Crippen molar-refractivity contribution in [3.05, 3.63) is 0 Å². The zero-order valence-electron chi connectivity index (χ0n) is 7.05. The molecular weight excluding hydrogens is 164 g/mol. The predicted molar refractivity (Wildman–Crippen MR) is 39.0 cm³/mol. The zero-order valence-corrected chi connectivity index (χ0v) is 7.05. The number of ketones is 1. The Morgan fingerprint density at radius 1 is 1.58 bits per heavy atom. The van der Waals surface area contributed by atoms with Gasteiger partial charge in [0.15, 0.2) is 0 Å². The van der Waals surface area contributed by atoms with Crippen molar-refractivity contribution in [3.8, 4) is 0 Å². The number of likely N-dealkylation sites (tertiary alicyclic amines) is 1. The van der Waals surface area contributed by atoms with Crippen LogP contribution in [-0.4, -0.2) is 36.2 Å². The first-order chi connectivity index (χ1) is 5.46. The van der Waals surface area contributed by atoms with Crippen LogP contribution in [0.3, 0.4) is 0 Å². The first kappa shape index (κ1) is 8.10. The van der Waals surface area contributed by atoms with E-state index in [0.717, 1.165) is 0 Å². The van der Waals surface area contributed by atoms with Crippen molar-refractivity contribution >= 4 is 5.78 Å². The van der Waals surface area contributed by atoms with Crippen molar-refractivity contribution in [2.45, 2.75) is 18.9 Å². The number of alkyl halides is 2. The van der Waals surface area contributed by atoms with Crippen molar-refractivity contribution < 1.29 is 13.6 Å². The van der Waals surface area contributed by atoms with Crippen LogP contribution < -0.4 is 0 Å². The summed E-state index contributed by atoms with van der Waals surface area (Å²) in [5, 5.41) is 0. The Labute approximate surface area is 69.5 Å². The molecule has 0 aromatic carbocycles. The van der Waals surface area contributed by atoms with Gasteiger partial charge in [-0.2, -0.15) is 0 Å². The van der Waals surface area contributed by atoms with Crippen molar-refractivity contribution in [2.24, 2.45) is 11.8 Å². The second-order valence-corrected chi connectivity index (χ2v) is 3.80. The first-order valence-corrected chi connectivity index (χ1v) is 4.04. The molecule has 1 heterocycles. The lowest BCUT2D eigenvalue weighted by molar-refractivity contribution is -0.123. The molecule has 0 bridgehead atoms. The second-order valence-electron chi connectivity index (χ2n) is 3.80. The van der Waals surface area contributed by atoms with E-state index in [1.807, 2.05) is 0 Å². The summed E-state index contributed by atoms with van der Waals surface area (Å²) in [5.74, 6) is -3.96. The summed E-state index contributed by atoms with van der Waals surface area (Å²) < 4.78 is 25.7. The Morgan fingerprint density at radius 3 is 2.50 bits per heavy atom. The lowest BCUT2D eigenvalue weighted by Gasteiger charge is -2.21. The van der Waals surface area contributed by atoms with E-state index in [-0.39, 0.29) is 5.78 Å². The Bertz CT molecular complexity index is 241. The van der Waals surface area contributed by atoms with Gasteiger partial charge in [0, 0.05) is 12.5 Å². The summed E-state index contributed by atoms with van der Waals surface area (Å²) in [5.41, 5.74) is 0. The summed E-state index contributed by atoms with van der Waals surface area (Å²) in [6.45, 7) is 1.75. The Kier molecular flexibility index (Phi) is 1.38. The number of likely N-dealkylation sites (N-methyl/N-ethyl adjacent to an activating group) is 1. The van der Waals surface area contributed by atoms with Gasteiger partial charge < -0.3 is 0 Å². The molecule has 2 rings (SSSR count). The Balaban J connectivity index is 2.19. The molecule has 2 nitrogen and oxygen atoms in total. The molecule has 0 radical (unpaired) electrons. The van der Waals surface area contributed by atoms with E-state index in [1.54, 1.807) is 11.9 Å². The van der Waals surface area contributed by atoms with E-state index < -0.39 is 23.8 Å². The highest BCUT2D eigenvalue weighted by atomic mass is 19.3. The molecule has 0 N–H and O–H groups in total. The number of halogens is 2. The number of carbonyl (C=O) groups excluding carboxylic acids is 1. The third kappa shape index (κ3) is 0.787. The van der Waals surface area contributed by atoms with Crippen LogP contribution in [0.4, 0.5) is 8.78 Å². The average molecular weight is 175 g/mol. The standard InChI is InChI=1S/C8H11F2NO/c1-4(12)7-6-5(3-11(7)2)8(6,9)10/h5-7H,3H2,1-2H3/t5-,6-,7+/m0/s1.